The average Bonchev–Trinajstić information content (AvgIpc) is 1.83. The molecular weight excluding hydrogens is 100 g/mol. The molecular formula is C6H14N2. The second-order valence-electron chi connectivity index (χ2n) is 1.84. The lowest BCUT2D eigenvalue weighted by atomic mass is 10.5. The van der Waals surface area contributed by atoms with Gasteiger partial charge in [0.25, 0.3) is 0 Å². The van der Waals surface area contributed by atoms with E-state index in [1.54, 1.807) is 0 Å². The number of hydrogen-bond donors (Lipinski definition) is 0. The molecule has 0 amide bonds. The second-order valence-corrected chi connectivity index (χ2v) is 1.84. The van der Waals surface area contributed by atoms with Crippen LogP contribution < -0.4 is 5.32 Å². The summed E-state index contributed by atoms with van der Waals surface area (Å²) in [7, 11) is 3.87. The molecule has 0 unspecified atom stereocenters. The minimum Gasteiger partial charge on any atom is -0.305 e. The summed E-state index contributed by atoms with van der Waals surface area (Å²) in [4.78, 5) is 2.13. The summed E-state index contributed by atoms with van der Waals surface area (Å²) in [5.41, 5.74) is 0. The van der Waals surface area contributed by atoms with Crippen molar-refractivity contribution in [3.63, 3.8) is 0 Å². The molecule has 0 N–H and O–H groups in total. The third-order valence-corrected chi connectivity index (χ3v) is 1.09. The summed E-state index contributed by atoms with van der Waals surface area (Å²) in [6, 6.07) is 0. The van der Waals surface area contributed by atoms with Crippen LogP contribution in [0.2, 0.25) is 0 Å². The average molecular weight is 114 g/mol. The fourth-order valence-corrected chi connectivity index (χ4v) is 0.383. The summed E-state index contributed by atoms with van der Waals surface area (Å²) >= 11 is 0. The molecule has 2 nitrogen and oxygen atoms in total. The molecule has 2 heteroatoms. The maximum atomic E-state index is 3.95. The van der Waals surface area contributed by atoms with E-state index in [9.17, 15) is 0 Å². The van der Waals surface area contributed by atoms with Gasteiger partial charge in [-0.15, -0.1) is 0 Å². The highest BCUT2D eigenvalue weighted by Crippen LogP contribution is 1.75. The molecule has 0 rings (SSSR count). The lowest BCUT2D eigenvalue weighted by molar-refractivity contribution is 0.368. The predicted molar refractivity (Wildman–Crippen MR) is 35.8 cm³/mol. The third kappa shape index (κ3) is 4.09. The Labute approximate surface area is 51.9 Å². The van der Waals surface area contributed by atoms with Gasteiger partial charge in [0.05, 0.1) is 0 Å². The van der Waals surface area contributed by atoms with Gasteiger partial charge in [-0.1, -0.05) is 0 Å². The maximum absolute atomic E-state index is 3.95. The molecule has 0 saturated heterocycles. The Morgan fingerprint density at radius 1 is 1.62 bits per heavy atom. The Kier molecular flexibility index (Phi) is 5.01. The molecule has 48 valence electrons. The lowest BCUT2D eigenvalue weighted by Gasteiger charge is -2.11. The summed E-state index contributed by atoms with van der Waals surface area (Å²) in [5, 5.41) is 3.95. The van der Waals surface area contributed by atoms with Gasteiger partial charge < -0.3 is 4.90 Å². The molecule has 0 aromatic rings. The largest absolute Gasteiger partial charge is 0.305 e. The lowest BCUT2D eigenvalue weighted by Crippen LogP contribution is -2.24. The maximum Gasteiger partial charge on any atom is 0.0257 e. The van der Waals surface area contributed by atoms with E-state index in [1.165, 1.54) is 0 Å². The van der Waals surface area contributed by atoms with E-state index in [0.29, 0.717) is 0 Å². The van der Waals surface area contributed by atoms with Crippen LogP contribution in [0.4, 0.5) is 0 Å². The van der Waals surface area contributed by atoms with Crippen molar-refractivity contribution in [1.82, 2.24) is 10.2 Å². The first-order valence-corrected chi connectivity index (χ1v) is 2.84. The van der Waals surface area contributed by atoms with Gasteiger partial charge in [-0.3, -0.25) is 0 Å². The molecule has 2 radical (unpaired) electrons. The molecule has 0 aliphatic carbocycles. The van der Waals surface area contributed by atoms with Crippen molar-refractivity contribution < 1.29 is 0 Å². The topological polar surface area (TPSA) is 17.3 Å². The van der Waals surface area contributed by atoms with Gasteiger partial charge in [0, 0.05) is 20.1 Å². The Morgan fingerprint density at radius 2 is 2.25 bits per heavy atom. The molecule has 0 aliphatic heterocycles. The van der Waals surface area contributed by atoms with Crippen molar-refractivity contribution in [2.24, 2.45) is 0 Å². The van der Waals surface area contributed by atoms with Crippen molar-refractivity contribution in [2.75, 3.05) is 33.7 Å². The van der Waals surface area contributed by atoms with Gasteiger partial charge in [-0.2, -0.15) is 0 Å². The van der Waals surface area contributed by atoms with Gasteiger partial charge in [0.2, 0.25) is 0 Å². The van der Waals surface area contributed by atoms with Crippen LogP contribution in [0.15, 0.2) is 0 Å². The molecule has 0 spiro atoms. The summed E-state index contributed by atoms with van der Waals surface area (Å²) in [6.45, 7) is 6.54. The van der Waals surface area contributed by atoms with E-state index in [0.717, 1.165) is 19.6 Å². The van der Waals surface area contributed by atoms with Gasteiger partial charge in [0.15, 0.2) is 0 Å². The summed E-state index contributed by atoms with van der Waals surface area (Å²) < 4.78 is 0. The van der Waals surface area contributed by atoms with E-state index < -0.39 is 0 Å². The Morgan fingerprint density at radius 3 is 2.62 bits per heavy atom. The standard InChI is InChI=1S/C6H14N2/c1-4-8(3)6-5-7-2/h1,4-6H2,2-3H3. The molecule has 0 fully saturated rings. The monoisotopic (exact) mass is 114 g/mol. The quantitative estimate of drug-likeness (QED) is 0.502. The first kappa shape index (κ1) is 7.92. The summed E-state index contributed by atoms with van der Waals surface area (Å²) in [5.74, 6) is 0. The molecule has 0 heterocycles. The fourth-order valence-electron chi connectivity index (χ4n) is 0.383. The highest BCUT2D eigenvalue weighted by molar-refractivity contribution is 4.52. The van der Waals surface area contributed by atoms with E-state index in [2.05, 4.69) is 17.1 Å². The van der Waals surface area contributed by atoms with Crippen LogP contribution in [-0.2, 0) is 0 Å². The van der Waals surface area contributed by atoms with Crippen molar-refractivity contribution >= 4 is 0 Å². The smallest absolute Gasteiger partial charge is 0.0257 e. The molecule has 0 aromatic carbocycles. The first-order chi connectivity index (χ1) is 3.81. The third-order valence-electron chi connectivity index (χ3n) is 1.09. The van der Waals surface area contributed by atoms with Crippen LogP contribution in [0, 0.1) is 6.92 Å². The zero-order valence-electron chi connectivity index (χ0n) is 5.72. The van der Waals surface area contributed by atoms with Crippen LogP contribution in [0.1, 0.15) is 0 Å². The second kappa shape index (κ2) is 5.06. The Balaban J connectivity index is 2.86. The molecule has 8 heavy (non-hydrogen) atoms. The molecule has 0 aliphatic rings. The van der Waals surface area contributed by atoms with Gasteiger partial charge in [-0.05, 0) is 20.5 Å². The van der Waals surface area contributed by atoms with Crippen LogP contribution >= 0.6 is 0 Å². The van der Waals surface area contributed by atoms with E-state index >= 15 is 0 Å². The normalized spacial score (nSPS) is 10.5. The van der Waals surface area contributed by atoms with Crippen molar-refractivity contribution in [2.45, 2.75) is 0 Å². The predicted octanol–water partition coefficient (Wildman–Crippen LogP) is -0.0135. The van der Waals surface area contributed by atoms with Crippen molar-refractivity contribution in [3.05, 3.63) is 6.92 Å². The molecule has 0 saturated carbocycles. The number of hydrogen-bond acceptors (Lipinski definition) is 1. The van der Waals surface area contributed by atoms with E-state index in [4.69, 9.17) is 0 Å². The Hall–Kier alpha value is -0.0800. The fraction of sp³-hybridized carbons (Fsp3) is 0.833. The Bertz CT molecular complexity index is 45.8. The van der Waals surface area contributed by atoms with Gasteiger partial charge >= 0.3 is 0 Å². The minimum atomic E-state index is 0.871. The van der Waals surface area contributed by atoms with Crippen LogP contribution in [-0.4, -0.2) is 38.6 Å². The van der Waals surface area contributed by atoms with Crippen LogP contribution in [0.3, 0.4) is 0 Å². The zero-order valence-corrected chi connectivity index (χ0v) is 5.72. The van der Waals surface area contributed by atoms with Crippen molar-refractivity contribution in [1.29, 1.82) is 0 Å². The zero-order chi connectivity index (χ0) is 6.41. The van der Waals surface area contributed by atoms with E-state index in [-0.39, 0.29) is 0 Å². The van der Waals surface area contributed by atoms with Crippen LogP contribution in [0.5, 0.6) is 0 Å². The van der Waals surface area contributed by atoms with Gasteiger partial charge in [-0.25, -0.2) is 5.32 Å². The molecule has 0 atom stereocenters. The number of nitrogens with zero attached hydrogens (tertiary/aromatic N) is 2. The number of likely N-dealkylation sites (N-methyl/N-ethyl adjacent to an activating group) is 2. The molecule has 0 aromatic heterocycles. The minimum absolute atomic E-state index is 0.871. The number of rotatable bonds is 4. The highest BCUT2D eigenvalue weighted by Gasteiger charge is 1.89. The van der Waals surface area contributed by atoms with Crippen LogP contribution in [0.25, 0.3) is 0 Å². The first-order valence-electron chi connectivity index (χ1n) is 2.84. The highest BCUT2D eigenvalue weighted by atomic mass is 15.1. The van der Waals surface area contributed by atoms with E-state index in [1.807, 2.05) is 14.1 Å². The van der Waals surface area contributed by atoms with Crippen molar-refractivity contribution in [3.8, 4) is 0 Å². The molecule has 0 bridgehead atoms. The summed E-state index contributed by atoms with van der Waals surface area (Å²) in [6.07, 6.45) is 0. The SMILES string of the molecule is [CH2]CN(C)CC[N]C. The van der Waals surface area contributed by atoms with Gasteiger partial charge in [0.1, 0.15) is 0 Å².